The van der Waals surface area contributed by atoms with Gasteiger partial charge in [-0.2, -0.15) is 0 Å². The van der Waals surface area contributed by atoms with E-state index in [1.54, 1.807) is 0 Å². The van der Waals surface area contributed by atoms with Crippen molar-refractivity contribution in [3.63, 3.8) is 0 Å². The largest absolute Gasteiger partial charge is 0.384 e. The van der Waals surface area contributed by atoms with Gasteiger partial charge in [0.1, 0.15) is 0 Å². The minimum atomic E-state index is 0.0427. The van der Waals surface area contributed by atoms with Gasteiger partial charge >= 0.3 is 0 Å². The Morgan fingerprint density at radius 3 is 2.94 bits per heavy atom. The highest BCUT2D eigenvalue weighted by atomic mass is 35.5. The molecule has 2 N–H and O–H groups in total. The van der Waals surface area contributed by atoms with Crippen LogP contribution < -0.4 is 10.6 Å². The van der Waals surface area contributed by atoms with Gasteiger partial charge in [-0.25, -0.2) is 0 Å². The summed E-state index contributed by atoms with van der Waals surface area (Å²) in [5.74, 6) is 0.0427. The molecule has 0 spiro atoms. The second-order valence-electron chi connectivity index (χ2n) is 4.70. The van der Waals surface area contributed by atoms with Gasteiger partial charge in [-0.15, -0.1) is 0 Å². The average molecular weight is 267 g/mol. The highest BCUT2D eigenvalue weighted by Gasteiger charge is 2.19. The van der Waals surface area contributed by atoms with E-state index in [1.165, 1.54) is 19.3 Å². The molecule has 1 aromatic rings. The van der Waals surface area contributed by atoms with Crippen LogP contribution in [0.3, 0.4) is 0 Å². The molecule has 1 aliphatic heterocycles. The minimum Gasteiger partial charge on any atom is -0.384 e. The molecule has 0 atom stereocenters. The van der Waals surface area contributed by atoms with Gasteiger partial charge in [0.25, 0.3) is 0 Å². The molecule has 3 nitrogen and oxygen atoms in total. The molecule has 0 fully saturated rings. The van der Waals surface area contributed by atoms with E-state index >= 15 is 0 Å². The number of carbonyl (C=O) groups excluding carboxylic acids is 1. The van der Waals surface area contributed by atoms with Crippen LogP contribution >= 0.6 is 11.6 Å². The molecular weight excluding hydrogens is 248 g/mol. The Kier molecular flexibility index (Phi) is 4.48. The molecule has 1 heterocycles. The molecule has 1 aromatic carbocycles. The molecule has 2 rings (SSSR count). The summed E-state index contributed by atoms with van der Waals surface area (Å²) in [6, 6.07) is 3.81. The number of unbranched alkanes of at least 4 members (excludes halogenated alkanes) is 3. The van der Waals surface area contributed by atoms with Crippen molar-refractivity contribution >= 4 is 28.9 Å². The van der Waals surface area contributed by atoms with E-state index in [4.69, 9.17) is 11.6 Å². The Bertz CT molecular complexity index is 446. The third-order valence-electron chi connectivity index (χ3n) is 3.16. The van der Waals surface area contributed by atoms with Gasteiger partial charge in [0.2, 0.25) is 5.91 Å². The number of hydrogen-bond acceptors (Lipinski definition) is 2. The average Bonchev–Trinajstić information content (AvgIpc) is 2.68. The van der Waals surface area contributed by atoms with Crippen LogP contribution in [0.15, 0.2) is 12.1 Å². The normalized spacial score (nSPS) is 13.3. The minimum absolute atomic E-state index is 0.0427. The van der Waals surface area contributed by atoms with E-state index in [0.29, 0.717) is 11.4 Å². The second-order valence-corrected chi connectivity index (χ2v) is 5.11. The first kappa shape index (κ1) is 13.2. The van der Waals surface area contributed by atoms with Gasteiger partial charge in [-0.1, -0.05) is 37.8 Å². The number of anilines is 2. The summed E-state index contributed by atoms with van der Waals surface area (Å²) in [7, 11) is 0. The van der Waals surface area contributed by atoms with Crippen LogP contribution in [0, 0.1) is 0 Å². The van der Waals surface area contributed by atoms with E-state index in [9.17, 15) is 4.79 Å². The van der Waals surface area contributed by atoms with E-state index < -0.39 is 0 Å². The topological polar surface area (TPSA) is 41.1 Å². The van der Waals surface area contributed by atoms with Crippen LogP contribution in [-0.2, 0) is 11.2 Å². The molecule has 0 aromatic heterocycles. The lowest BCUT2D eigenvalue weighted by molar-refractivity contribution is -0.115. The summed E-state index contributed by atoms with van der Waals surface area (Å²) in [6.45, 7) is 3.13. The highest BCUT2D eigenvalue weighted by Crippen LogP contribution is 2.32. The molecular formula is C14H19ClN2O. The number of amides is 1. The maximum Gasteiger partial charge on any atom is 0.228 e. The van der Waals surface area contributed by atoms with E-state index in [1.807, 2.05) is 12.1 Å². The van der Waals surface area contributed by atoms with Gasteiger partial charge in [0.15, 0.2) is 0 Å². The Balaban J connectivity index is 1.93. The highest BCUT2D eigenvalue weighted by molar-refractivity contribution is 6.33. The number of carbonyl (C=O) groups is 1. The fourth-order valence-corrected chi connectivity index (χ4v) is 2.39. The van der Waals surface area contributed by atoms with Crippen molar-refractivity contribution in [3.05, 3.63) is 22.7 Å². The summed E-state index contributed by atoms with van der Waals surface area (Å²) in [4.78, 5) is 11.3. The molecule has 98 valence electrons. The van der Waals surface area contributed by atoms with Crippen molar-refractivity contribution in [2.75, 3.05) is 17.2 Å². The lowest BCUT2D eigenvalue weighted by Crippen LogP contribution is -2.03. The molecule has 0 saturated carbocycles. The molecule has 0 saturated heterocycles. The predicted molar refractivity (Wildman–Crippen MR) is 76.4 cm³/mol. The lowest BCUT2D eigenvalue weighted by atomic mass is 10.1. The Hall–Kier alpha value is -1.22. The third kappa shape index (κ3) is 3.16. The molecule has 4 heteroatoms. The Labute approximate surface area is 113 Å². The fraction of sp³-hybridized carbons (Fsp3) is 0.500. The van der Waals surface area contributed by atoms with Gasteiger partial charge in [-0.3, -0.25) is 4.79 Å². The Morgan fingerprint density at radius 1 is 1.33 bits per heavy atom. The number of halogens is 1. The van der Waals surface area contributed by atoms with Crippen LogP contribution in [0.5, 0.6) is 0 Å². The molecule has 0 unspecified atom stereocenters. The molecule has 18 heavy (non-hydrogen) atoms. The Morgan fingerprint density at radius 2 is 2.17 bits per heavy atom. The van der Waals surface area contributed by atoms with Crippen LogP contribution in [0.4, 0.5) is 11.4 Å². The summed E-state index contributed by atoms with van der Waals surface area (Å²) in [6.07, 6.45) is 5.37. The monoisotopic (exact) mass is 266 g/mol. The van der Waals surface area contributed by atoms with Crippen molar-refractivity contribution in [2.45, 2.75) is 39.0 Å². The first-order chi connectivity index (χ1) is 8.70. The number of nitrogens with one attached hydrogen (secondary N) is 2. The predicted octanol–water partition coefficient (Wildman–Crippen LogP) is 3.83. The van der Waals surface area contributed by atoms with Crippen LogP contribution in [0.1, 0.15) is 38.2 Å². The third-order valence-corrected chi connectivity index (χ3v) is 3.48. The SMILES string of the molecule is CCCCCCNc1cc2c(cc1Cl)NC(=O)C2. The smallest absolute Gasteiger partial charge is 0.228 e. The zero-order chi connectivity index (χ0) is 13.0. The van der Waals surface area contributed by atoms with Gasteiger partial charge < -0.3 is 10.6 Å². The summed E-state index contributed by atoms with van der Waals surface area (Å²) >= 11 is 6.18. The number of hydrogen-bond donors (Lipinski definition) is 2. The molecule has 1 aliphatic rings. The molecule has 0 radical (unpaired) electrons. The maximum atomic E-state index is 11.3. The van der Waals surface area contributed by atoms with Crippen molar-refractivity contribution in [2.24, 2.45) is 0 Å². The van der Waals surface area contributed by atoms with Crippen molar-refractivity contribution < 1.29 is 4.79 Å². The standard InChI is InChI=1S/C14H19ClN2O/c1-2-3-4-5-6-16-13-7-10-8-14(18)17-12(10)9-11(13)15/h7,9,16H,2-6,8H2,1H3,(H,17,18). The quantitative estimate of drug-likeness (QED) is 0.769. The lowest BCUT2D eigenvalue weighted by Gasteiger charge is -2.10. The summed E-state index contributed by atoms with van der Waals surface area (Å²) in [5.41, 5.74) is 2.81. The van der Waals surface area contributed by atoms with E-state index in [-0.39, 0.29) is 5.91 Å². The van der Waals surface area contributed by atoms with E-state index in [2.05, 4.69) is 17.6 Å². The van der Waals surface area contributed by atoms with Gasteiger partial charge in [0, 0.05) is 12.2 Å². The maximum absolute atomic E-state index is 11.3. The summed E-state index contributed by atoms with van der Waals surface area (Å²) < 4.78 is 0. The van der Waals surface area contributed by atoms with Gasteiger partial charge in [-0.05, 0) is 24.1 Å². The number of fused-ring (bicyclic) bond motifs is 1. The second kappa shape index (κ2) is 6.10. The first-order valence-electron chi connectivity index (χ1n) is 6.57. The fourth-order valence-electron chi connectivity index (χ4n) is 2.16. The number of rotatable bonds is 6. The molecule has 1 amide bonds. The summed E-state index contributed by atoms with van der Waals surface area (Å²) in [5, 5.41) is 6.82. The zero-order valence-electron chi connectivity index (χ0n) is 10.7. The molecule has 0 aliphatic carbocycles. The van der Waals surface area contributed by atoms with E-state index in [0.717, 1.165) is 29.9 Å². The number of benzene rings is 1. The van der Waals surface area contributed by atoms with Crippen molar-refractivity contribution in [3.8, 4) is 0 Å². The molecule has 0 bridgehead atoms. The first-order valence-corrected chi connectivity index (χ1v) is 6.94. The van der Waals surface area contributed by atoms with Crippen LogP contribution in [0.2, 0.25) is 5.02 Å². The zero-order valence-corrected chi connectivity index (χ0v) is 11.4. The van der Waals surface area contributed by atoms with Crippen LogP contribution in [0.25, 0.3) is 0 Å². The van der Waals surface area contributed by atoms with Crippen LogP contribution in [-0.4, -0.2) is 12.5 Å². The van der Waals surface area contributed by atoms with Crippen molar-refractivity contribution in [1.29, 1.82) is 0 Å². The van der Waals surface area contributed by atoms with Gasteiger partial charge in [0.05, 0.1) is 17.1 Å². The van der Waals surface area contributed by atoms with Crippen molar-refractivity contribution in [1.82, 2.24) is 0 Å².